The Bertz CT molecular complexity index is 471. The van der Waals surface area contributed by atoms with Gasteiger partial charge >= 0.3 is 5.97 Å². The summed E-state index contributed by atoms with van der Waals surface area (Å²) < 4.78 is 4.85. The lowest BCUT2D eigenvalue weighted by molar-refractivity contribution is -0.158. The lowest BCUT2D eigenvalue weighted by Gasteiger charge is -2.32. The average Bonchev–Trinajstić information content (AvgIpc) is 3.07. The maximum absolute atomic E-state index is 12.3. The lowest BCUT2D eigenvalue weighted by Crippen LogP contribution is -2.51. The maximum atomic E-state index is 12.3. The molecule has 4 nitrogen and oxygen atoms in total. The molecule has 1 saturated heterocycles. The van der Waals surface area contributed by atoms with Crippen LogP contribution in [0.25, 0.3) is 0 Å². The number of thiophene rings is 1. The van der Waals surface area contributed by atoms with Crippen LogP contribution in [0.1, 0.15) is 37.5 Å². The molecule has 1 aliphatic rings. The van der Waals surface area contributed by atoms with Gasteiger partial charge in [-0.05, 0) is 44.1 Å². The quantitative estimate of drug-likeness (QED) is 0.785. The number of ether oxygens (including phenoxy) is 1. The maximum Gasteiger partial charge on any atom is 0.331 e. The molecule has 1 aromatic rings. The Morgan fingerprint density at radius 3 is 2.95 bits per heavy atom. The third-order valence-corrected chi connectivity index (χ3v) is 4.90. The molecule has 0 saturated carbocycles. The van der Waals surface area contributed by atoms with Gasteiger partial charge < -0.3 is 9.64 Å². The zero-order chi connectivity index (χ0) is 14.6. The first-order valence-corrected chi connectivity index (χ1v) is 7.87. The fourth-order valence-electron chi connectivity index (χ4n) is 2.80. The molecule has 1 amide bonds. The van der Waals surface area contributed by atoms with Crippen molar-refractivity contribution in [1.82, 2.24) is 4.90 Å². The van der Waals surface area contributed by atoms with Crippen LogP contribution in [0.4, 0.5) is 0 Å². The second-order valence-electron chi connectivity index (χ2n) is 5.35. The molecule has 2 rings (SSSR count). The second-order valence-corrected chi connectivity index (χ2v) is 6.38. The summed E-state index contributed by atoms with van der Waals surface area (Å²) >= 11 is 1.72. The van der Waals surface area contributed by atoms with E-state index in [0.29, 0.717) is 19.4 Å². The van der Waals surface area contributed by atoms with E-state index in [2.05, 4.69) is 6.07 Å². The summed E-state index contributed by atoms with van der Waals surface area (Å²) in [7, 11) is 1.38. The van der Waals surface area contributed by atoms with E-state index >= 15 is 0 Å². The molecular weight excluding hydrogens is 274 g/mol. The van der Waals surface area contributed by atoms with Gasteiger partial charge in [0.15, 0.2) is 0 Å². The highest BCUT2D eigenvalue weighted by Crippen LogP contribution is 2.31. The normalized spacial score (nSPS) is 22.0. The minimum Gasteiger partial charge on any atom is -0.467 e. The summed E-state index contributed by atoms with van der Waals surface area (Å²) in [5.41, 5.74) is -0.769. The third-order valence-electron chi connectivity index (χ3n) is 3.96. The van der Waals surface area contributed by atoms with Gasteiger partial charge in [-0.25, -0.2) is 4.79 Å². The van der Waals surface area contributed by atoms with Gasteiger partial charge in [0.2, 0.25) is 5.91 Å². The number of hydrogen-bond donors (Lipinski definition) is 0. The first-order valence-electron chi connectivity index (χ1n) is 6.99. The van der Waals surface area contributed by atoms with Crippen molar-refractivity contribution in [3.63, 3.8) is 0 Å². The smallest absolute Gasteiger partial charge is 0.331 e. The Balaban J connectivity index is 1.89. The predicted octanol–water partition coefficient (Wildman–Crippen LogP) is 2.62. The van der Waals surface area contributed by atoms with Crippen molar-refractivity contribution in [2.75, 3.05) is 13.7 Å². The highest BCUT2D eigenvalue weighted by molar-refractivity contribution is 7.09. The molecule has 0 aliphatic carbocycles. The molecule has 1 unspecified atom stereocenters. The zero-order valence-electron chi connectivity index (χ0n) is 12.1. The number of esters is 1. The topological polar surface area (TPSA) is 46.6 Å². The SMILES string of the molecule is COC(=O)C1(C)CCCN1C(=O)CCCc1cccs1. The molecule has 1 aromatic heterocycles. The number of methoxy groups -OCH3 is 1. The molecule has 0 radical (unpaired) electrons. The number of nitrogens with zero attached hydrogens (tertiary/aromatic N) is 1. The van der Waals surface area contributed by atoms with E-state index in [9.17, 15) is 9.59 Å². The van der Waals surface area contributed by atoms with Gasteiger partial charge in [0.05, 0.1) is 7.11 Å². The van der Waals surface area contributed by atoms with E-state index < -0.39 is 5.54 Å². The number of rotatable bonds is 5. The van der Waals surface area contributed by atoms with Gasteiger partial charge in [-0.2, -0.15) is 0 Å². The molecule has 0 aromatic carbocycles. The molecule has 20 heavy (non-hydrogen) atoms. The molecule has 1 atom stereocenters. The first kappa shape index (κ1) is 15.0. The number of carbonyl (C=O) groups excluding carboxylic acids is 2. The zero-order valence-corrected chi connectivity index (χ0v) is 12.9. The molecule has 0 bridgehead atoms. The van der Waals surface area contributed by atoms with E-state index in [0.717, 1.165) is 19.3 Å². The number of amides is 1. The number of hydrogen-bond acceptors (Lipinski definition) is 4. The number of likely N-dealkylation sites (tertiary alicyclic amines) is 1. The standard InChI is InChI=1S/C15H21NO3S/c1-15(14(18)19-2)9-5-10-16(15)13(17)8-3-6-12-7-4-11-20-12/h4,7,11H,3,5-6,8-10H2,1-2H3. The van der Waals surface area contributed by atoms with Crippen LogP contribution < -0.4 is 0 Å². The van der Waals surface area contributed by atoms with Crippen molar-refractivity contribution in [3.8, 4) is 0 Å². The van der Waals surface area contributed by atoms with Gasteiger partial charge in [0.25, 0.3) is 0 Å². The summed E-state index contributed by atoms with van der Waals surface area (Å²) in [5, 5.41) is 2.05. The van der Waals surface area contributed by atoms with Crippen LogP contribution in [0.2, 0.25) is 0 Å². The van der Waals surface area contributed by atoms with Crippen LogP contribution in [-0.2, 0) is 20.7 Å². The first-order chi connectivity index (χ1) is 9.58. The Labute approximate surface area is 123 Å². The summed E-state index contributed by atoms with van der Waals surface area (Å²) in [4.78, 5) is 27.2. The Morgan fingerprint density at radius 1 is 1.50 bits per heavy atom. The van der Waals surface area contributed by atoms with Gasteiger partial charge in [0, 0.05) is 17.8 Å². The molecular formula is C15H21NO3S. The van der Waals surface area contributed by atoms with E-state index in [4.69, 9.17) is 4.74 Å². The summed E-state index contributed by atoms with van der Waals surface area (Å²) in [5.74, 6) is -0.242. The van der Waals surface area contributed by atoms with Crippen LogP contribution in [0.5, 0.6) is 0 Å². The van der Waals surface area contributed by atoms with Crippen LogP contribution in [-0.4, -0.2) is 36.0 Å². The van der Waals surface area contributed by atoms with Crippen molar-refractivity contribution in [2.45, 2.75) is 44.6 Å². The van der Waals surface area contributed by atoms with E-state index in [1.807, 2.05) is 18.4 Å². The van der Waals surface area contributed by atoms with E-state index in [1.54, 1.807) is 16.2 Å². The summed E-state index contributed by atoms with van der Waals surface area (Å²) in [6.07, 6.45) is 3.79. The molecule has 2 heterocycles. The molecule has 0 N–H and O–H groups in total. The van der Waals surface area contributed by atoms with Crippen molar-refractivity contribution in [1.29, 1.82) is 0 Å². The average molecular weight is 295 g/mol. The molecule has 1 fully saturated rings. The Kier molecular flexibility index (Phi) is 4.81. The van der Waals surface area contributed by atoms with Crippen molar-refractivity contribution in [2.24, 2.45) is 0 Å². The third kappa shape index (κ3) is 3.03. The summed E-state index contributed by atoms with van der Waals surface area (Å²) in [6.45, 7) is 2.46. The monoisotopic (exact) mass is 295 g/mol. The van der Waals surface area contributed by atoms with Crippen molar-refractivity contribution >= 4 is 23.2 Å². The Hall–Kier alpha value is -1.36. The molecule has 1 aliphatic heterocycles. The van der Waals surface area contributed by atoms with Crippen molar-refractivity contribution < 1.29 is 14.3 Å². The van der Waals surface area contributed by atoms with Crippen LogP contribution in [0.3, 0.4) is 0 Å². The van der Waals surface area contributed by atoms with E-state index in [-0.39, 0.29) is 11.9 Å². The Morgan fingerprint density at radius 2 is 2.30 bits per heavy atom. The largest absolute Gasteiger partial charge is 0.467 e. The second kappa shape index (κ2) is 6.39. The fourth-order valence-corrected chi connectivity index (χ4v) is 3.55. The van der Waals surface area contributed by atoms with Gasteiger partial charge in [-0.3, -0.25) is 4.79 Å². The highest BCUT2D eigenvalue weighted by atomic mass is 32.1. The van der Waals surface area contributed by atoms with E-state index in [1.165, 1.54) is 12.0 Å². The molecule has 0 spiro atoms. The number of carbonyl (C=O) groups is 2. The highest BCUT2D eigenvalue weighted by Gasteiger charge is 2.46. The summed E-state index contributed by atoms with van der Waals surface area (Å²) in [6, 6.07) is 4.11. The minimum atomic E-state index is -0.769. The van der Waals surface area contributed by atoms with Gasteiger partial charge in [0.1, 0.15) is 5.54 Å². The minimum absolute atomic E-state index is 0.0620. The molecule has 110 valence electrons. The predicted molar refractivity (Wildman–Crippen MR) is 78.6 cm³/mol. The lowest BCUT2D eigenvalue weighted by atomic mass is 9.98. The fraction of sp³-hybridized carbons (Fsp3) is 0.600. The van der Waals surface area contributed by atoms with Crippen LogP contribution in [0.15, 0.2) is 17.5 Å². The van der Waals surface area contributed by atoms with Gasteiger partial charge in [-0.15, -0.1) is 11.3 Å². The molecule has 5 heteroatoms. The van der Waals surface area contributed by atoms with Crippen LogP contribution in [0, 0.1) is 0 Å². The number of aryl methyl sites for hydroxylation is 1. The van der Waals surface area contributed by atoms with Gasteiger partial charge in [-0.1, -0.05) is 6.07 Å². The van der Waals surface area contributed by atoms with Crippen LogP contribution >= 0.6 is 11.3 Å². The van der Waals surface area contributed by atoms with Crippen molar-refractivity contribution in [3.05, 3.63) is 22.4 Å².